The Morgan fingerprint density at radius 1 is 1.06 bits per heavy atom. The van der Waals surface area contributed by atoms with E-state index in [1.807, 2.05) is 25.1 Å². The second kappa shape index (κ2) is 9.04. The third-order valence-corrected chi connectivity index (χ3v) is 6.11. The monoisotopic (exact) mass is 427 g/mol. The number of nitrogens with one attached hydrogen (secondary N) is 1. The lowest BCUT2D eigenvalue weighted by Crippen LogP contribution is -2.49. The van der Waals surface area contributed by atoms with Crippen molar-refractivity contribution in [2.24, 2.45) is 5.92 Å². The first-order valence-electron chi connectivity index (χ1n) is 10.8. The van der Waals surface area contributed by atoms with Gasteiger partial charge in [-0.3, -0.25) is 9.69 Å². The largest absolute Gasteiger partial charge is 0.324 e. The first-order chi connectivity index (χ1) is 14.9. The normalized spacial score (nSPS) is 17.3. The lowest BCUT2D eigenvalue weighted by atomic mass is 10.1. The highest BCUT2D eigenvalue weighted by Crippen LogP contribution is 2.32. The molecule has 5 nitrogen and oxygen atoms in total. The molecule has 3 amide bonds. The summed E-state index contributed by atoms with van der Waals surface area (Å²) in [4.78, 5) is 29.1. The fourth-order valence-corrected chi connectivity index (χ4v) is 4.42. The number of hydrogen-bond acceptors (Lipinski definition) is 2. The first kappa shape index (κ1) is 21.3. The summed E-state index contributed by atoms with van der Waals surface area (Å²) in [7, 11) is 0. The topological polar surface area (TPSA) is 52.6 Å². The van der Waals surface area contributed by atoms with E-state index < -0.39 is 11.6 Å². The van der Waals surface area contributed by atoms with Crippen molar-refractivity contribution in [2.45, 2.75) is 45.6 Å². The van der Waals surface area contributed by atoms with Crippen LogP contribution in [0, 0.1) is 24.5 Å². The van der Waals surface area contributed by atoms with E-state index in [1.54, 1.807) is 9.80 Å². The van der Waals surface area contributed by atoms with E-state index in [-0.39, 0.29) is 30.0 Å². The number of urea groups is 1. The Balaban J connectivity index is 1.55. The smallest absolute Gasteiger partial charge is 0.324 e. The van der Waals surface area contributed by atoms with Gasteiger partial charge < -0.3 is 10.2 Å². The number of halogens is 2. The number of amides is 3. The van der Waals surface area contributed by atoms with Gasteiger partial charge in [-0.15, -0.1) is 0 Å². The molecule has 1 saturated carbocycles. The Bertz CT molecular complexity index is 989. The molecule has 1 N–H and O–H groups in total. The third-order valence-electron chi connectivity index (χ3n) is 6.11. The Morgan fingerprint density at radius 3 is 2.58 bits per heavy atom. The standard InChI is InChI=1S/C24H27F2N3O2/c1-16-7-10-22(21(13-16)27-23(30)17-5-2-3-6-17)29-12-4-11-28(24(29)31)15-18-8-9-19(25)14-20(18)26/h7-10,13-14,17H,2-6,11-12,15H2,1H3,(H,27,30). The molecule has 31 heavy (non-hydrogen) atoms. The number of nitrogens with zero attached hydrogens (tertiary/aromatic N) is 2. The Kier molecular flexibility index (Phi) is 6.20. The molecule has 1 aliphatic carbocycles. The summed E-state index contributed by atoms with van der Waals surface area (Å²) in [6, 6.07) is 8.78. The molecule has 1 aliphatic heterocycles. The number of anilines is 2. The van der Waals surface area contributed by atoms with Crippen molar-refractivity contribution < 1.29 is 18.4 Å². The molecule has 0 radical (unpaired) electrons. The van der Waals surface area contributed by atoms with Gasteiger partial charge in [0.15, 0.2) is 0 Å². The van der Waals surface area contributed by atoms with Crippen molar-refractivity contribution in [1.82, 2.24) is 4.90 Å². The molecular formula is C24H27F2N3O2. The molecule has 0 spiro atoms. The molecule has 0 aromatic heterocycles. The van der Waals surface area contributed by atoms with Crippen LogP contribution in [0.3, 0.4) is 0 Å². The van der Waals surface area contributed by atoms with Gasteiger partial charge in [-0.2, -0.15) is 0 Å². The maximum absolute atomic E-state index is 14.1. The van der Waals surface area contributed by atoms with Gasteiger partial charge in [-0.05, 0) is 49.9 Å². The summed E-state index contributed by atoms with van der Waals surface area (Å²) in [5, 5.41) is 3.04. The zero-order valence-electron chi connectivity index (χ0n) is 17.7. The predicted octanol–water partition coefficient (Wildman–Crippen LogP) is 5.23. The summed E-state index contributed by atoms with van der Waals surface area (Å²) < 4.78 is 27.3. The molecule has 4 rings (SSSR count). The molecule has 2 aromatic rings. The number of benzene rings is 2. The van der Waals surface area contributed by atoms with E-state index in [0.717, 1.165) is 37.3 Å². The van der Waals surface area contributed by atoms with Gasteiger partial charge in [-0.25, -0.2) is 13.6 Å². The fourth-order valence-electron chi connectivity index (χ4n) is 4.42. The molecule has 164 valence electrons. The van der Waals surface area contributed by atoms with Crippen LogP contribution in [0.15, 0.2) is 36.4 Å². The number of aryl methyl sites for hydroxylation is 1. The Labute approximate surface area is 181 Å². The zero-order chi connectivity index (χ0) is 22.0. The van der Waals surface area contributed by atoms with Gasteiger partial charge in [0.2, 0.25) is 5.91 Å². The van der Waals surface area contributed by atoms with E-state index in [1.165, 1.54) is 12.1 Å². The van der Waals surface area contributed by atoms with Gasteiger partial charge in [0.1, 0.15) is 11.6 Å². The van der Waals surface area contributed by atoms with Crippen molar-refractivity contribution in [3.05, 3.63) is 59.2 Å². The Hall–Kier alpha value is -2.96. The third kappa shape index (κ3) is 4.70. The van der Waals surface area contributed by atoms with Crippen LogP contribution in [0.5, 0.6) is 0 Å². The molecule has 7 heteroatoms. The maximum Gasteiger partial charge on any atom is 0.324 e. The van der Waals surface area contributed by atoms with Crippen LogP contribution in [0.2, 0.25) is 0 Å². The number of hydrogen-bond donors (Lipinski definition) is 1. The van der Waals surface area contributed by atoms with Crippen molar-refractivity contribution in [3.8, 4) is 0 Å². The molecule has 1 saturated heterocycles. The Morgan fingerprint density at radius 2 is 1.84 bits per heavy atom. The van der Waals surface area contributed by atoms with E-state index in [4.69, 9.17) is 0 Å². The molecule has 2 aromatic carbocycles. The molecule has 0 atom stereocenters. The highest BCUT2D eigenvalue weighted by Gasteiger charge is 2.30. The minimum absolute atomic E-state index is 0.000882. The predicted molar refractivity (Wildman–Crippen MR) is 116 cm³/mol. The van der Waals surface area contributed by atoms with Gasteiger partial charge in [0.05, 0.1) is 17.9 Å². The summed E-state index contributed by atoms with van der Waals surface area (Å²) >= 11 is 0. The molecule has 2 aliphatic rings. The van der Waals surface area contributed by atoms with Crippen LogP contribution in [0.25, 0.3) is 0 Å². The second-order valence-electron chi connectivity index (χ2n) is 8.44. The van der Waals surface area contributed by atoms with E-state index in [9.17, 15) is 18.4 Å². The van der Waals surface area contributed by atoms with Crippen molar-refractivity contribution in [1.29, 1.82) is 0 Å². The van der Waals surface area contributed by atoms with Gasteiger partial charge >= 0.3 is 6.03 Å². The van der Waals surface area contributed by atoms with Gasteiger partial charge in [0, 0.05) is 30.6 Å². The van der Waals surface area contributed by atoms with Crippen LogP contribution in [-0.2, 0) is 11.3 Å². The average Bonchev–Trinajstić information content (AvgIpc) is 3.27. The maximum atomic E-state index is 14.1. The minimum atomic E-state index is -0.662. The number of carbonyl (C=O) groups excluding carboxylic acids is 2. The SMILES string of the molecule is Cc1ccc(N2CCCN(Cc3ccc(F)cc3F)C2=O)c(NC(=O)C2CCCC2)c1. The molecule has 1 heterocycles. The van der Waals surface area contributed by atoms with Crippen LogP contribution in [-0.4, -0.2) is 29.9 Å². The fraction of sp³-hybridized carbons (Fsp3) is 0.417. The van der Waals surface area contributed by atoms with Gasteiger partial charge in [0.25, 0.3) is 0 Å². The van der Waals surface area contributed by atoms with E-state index in [0.29, 0.717) is 30.9 Å². The minimum Gasteiger partial charge on any atom is -0.324 e. The number of rotatable bonds is 5. The highest BCUT2D eigenvalue weighted by molar-refractivity contribution is 6.01. The van der Waals surface area contributed by atoms with E-state index >= 15 is 0 Å². The van der Waals surface area contributed by atoms with Crippen molar-refractivity contribution in [3.63, 3.8) is 0 Å². The second-order valence-corrected chi connectivity index (χ2v) is 8.44. The zero-order valence-corrected chi connectivity index (χ0v) is 17.7. The van der Waals surface area contributed by atoms with Gasteiger partial charge in [-0.1, -0.05) is 25.0 Å². The van der Waals surface area contributed by atoms with Crippen molar-refractivity contribution in [2.75, 3.05) is 23.3 Å². The van der Waals surface area contributed by atoms with Crippen LogP contribution in [0.4, 0.5) is 25.0 Å². The highest BCUT2D eigenvalue weighted by atomic mass is 19.1. The number of carbonyl (C=O) groups is 2. The van der Waals surface area contributed by atoms with Crippen LogP contribution < -0.4 is 10.2 Å². The molecule has 0 unspecified atom stereocenters. The van der Waals surface area contributed by atoms with Crippen LogP contribution >= 0.6 is 0 Å². The van der Waals surface area contributed by atoms with Crippen molar-refractivity contribution >= 4 is 23.3 Å². The quantitative estimate of drug-likeness (QED) is 0.710. The lowest BCUT2D eigenvalue weighted by molar-refractivity contribution is -0.119. The summed E-state index contributed by atoms with van der Waals surface area (Å²) in [6.07, 6.45) is 4.63. The molecule has 0 bridgehead atoms. The molecular weight excluding hydrogens is 400 g/mol. The average molecular weight is 427 g/mol. The lowest BCUT2D eigenvalue weighted by Gasteiger charge is -2.36. The van der Waals surface area contributed by atoms with Crippen LogP contribution in [0.1, 0.15) is 43.2 Å². The summed E-state index contributed by atoms with van der Waals surface area (Å²) in [5.41, 5.74) is 2.53. The summed E-state index contributed by atoms with van der Waals surface area (Å²) in [6.45, 7) is 3.01. The first-order valence-corrected chi connectivity index (χ1v) is 10.8. The van der Waals surface area contributed by atoms with E-state index in [2.05, 4.69) is 5.32 Å². The summed E-state index contributed by atoms with van der Waals surface area (Å²) in [5.74, 6) is -1.29. The molecule has 2 fully saturated rings.